The van der Waals surface area contributed by atoms with Gasteiger partial charge in [0.05, 0.1) is 23.5 Å². The summed E-state index contributed by atoms with van der Waals surface area (Å²) in [5.41, 5.74) is 10.5. The van der Waals surface area contributed by atoms with Crippen molar-refractivity contribution in [2.45, 2.75) is 13.2 Å². The maximum atomic E-state index is 13.2. The molecule has 0 atom stereocenters. The van der Waals surface area contributed by atoms with Crippen LogP contribution in [-0.4, -0.2) is 22.0 Å². The summed E-state index contributed by atoms with van der Waals surface area (Å²) in [5.74, 6) is -0.799. The Morgan fingerprint density at radius 2 is 1.04 bits per heavy atom. The van der Waals surface area contributed by atoms with Crippen LogP contribution < -0.4 is 21.6 Å². The first kappa shape index (κ1) is 33.6. The van der Waals surface area contributed by atoms with Crippen molar-refractivity contribution in [2.75, 3.05) is 21.6 Å². The van der Waals surface area contributed by atoms with E-state index in [1.165, 1.54) is 6.07 Å². The average molecular weight is 691 g/mol. The third-order valence-electron chi connectivity index (χ3n) is 8.36. The van der Waals surface area contributed by atoms with Gasteiger partial charge in [-0.3, -0.25) is 30.2 Å². The molecule has 10 heteroatoms. The van der Waals surface area contributed by atoms with Crippen molar-refractivity contribution in [1.82, 2.24) is 0 Å². The van der Waals surface area contributed by atoms with E-state index >= 15 is 0 Å². The minimum atomic E-state index is -0.498. The first-order valence-electron chi connectivity index (χ1n) is 16.5. The molecule has 258 valence electrons. The van der Waals surface area contributed by atoms with E-state index in [9.17, 15) is 19.8 Å². The van der Waals surface area contributed by atoms with E-state index in [1.807, 2.05) is 72.8 Å². The molecule has 0 aliphatic rings. The monoisotopic (exact) mass is 690 g/mol. The van der Waals surface area contributed by atoms with Gasteiger partial charge in [-0.2, -0.15) is 0 Å². The Bertz CT molecular complexity index is 2370. The van der Waals surface area contributed by atoms with E-state index in [0.29, 0.717) is 39.0 Å². The number of fused-ring (bicyclic) bond motifs is 2. The first-order chi connectivity index (χ1) is 25.4. The normalized spacial score (nSPS) is 10.9. The third-order valence-corrected chi connectivity index (χ3v) is 8.36. The second-order valence-corrected chi connectivity index (χ2v) is 12.1. The zero-order valence-electron chi connectivity index (χ0n) is 27.8. The zero-order valence-corrected chi connectivity index (χ0v) is 27.8. The van der Waals surface area contributed by atoms with Gasteiger partial charge in [0.15, 0.2) is 0 Å². The molecule has 0 saturated carbocycles. The number of hydrogen-bond acceptors (Lipinski definition) is 8. The summed E-state index contributed by atoms with van der Waals surface area (Å²) in [4.78, 5) is 37.3. The molecule has 7 aromatic rings. The minimum Gasteiger partial charge on any atom is -0.508 e. The minimum absolute atomic E-state index is 0.0766. The molecule has 52 heavy (non-hydrogen) atoms. The quantitative estimate of drug-likeness (QED) is 0.0698. The van der Waals surface area contributed by atoms with Gasteiger partial charge in [-0.1, -0.05) is 54.6 Å². The molecule has 0 spiro atoms. The summed E-state index contributed by atoms with van der Waals surface area (Å²) in [6.07, 6.45) is 0. The molecule has 7 aromatic carbocycles. The molecule has 0 aromatic heterocycles. The lowest BCUT2D eigenvalue weighted by Crippen LogP contribution is -2.13. The van der Waals surface area contributed by atoms with Crippen LogP contribution in [-0.2, 0) is 22.9 Å². The molecule has 0 unspecified atom stereocenters. The van der Waals surface area contributed by atoms with Gasteiger partial charge in [-0.05, 0) is 118 Å². The van der Waals surface area contributed by atoms with E-state index in [2.05, 4.69) is 21.6 Å². The average Bonchev–Trinajstić information content (AvgIpc) is 3.16. The number of amides is 2. The molecule has 0 bridgehead atoms. The summed E-state index contributed by atoms with van der Waals surface area (Å²) in [6.45, 7) is 0.447. The molecule has 0 aliphatic carbocycles. The molecule has 0 radical (unpaired) electrons. The van der Waals surface area contributed by atoms with Gasteiger partial charge < -0.3 is 20.8 Å². The second kappa shape index (κ2) is 15.3. The van der Waals surface area contributed by atoms with E-state index in [0.717, 1.165) is 22.0 Å². The number of phenols is 2. The van der Waals surface area contributed by atoms with Crippen LogP contribution >= 0.6 is 0 Å². The van der Waals surface area contributed by atoms with Crippen LogP contribution in [0.25, 0.3) is 21.5 Å². The van der Waals surface area contributed by atoms with Crippen molar-refractivity contribution in [1.29, 1.82) is 0 Å². The smallest absolute Gasteiger partial charge is 0.259 e. The molecular weight excluding hydrogens is 656 g/mol. The molecule has 6 N–H and O–H groups in total. The Morgan fingerprint density at radius 3 is 1.77 bits per heavy atom. The lowest BCUT2D eigenvalue weighted by atomic mass is 10.0. The van der Waals surface area contributed by atoms with Crippen LogP contribution in [0.2, 0.25) is 0 Å². The SMILES string of the molecule is O=C(Nc1ccccc1)c1ccc2cc(O)c(C(=O)Nc3ccc(NOCc4ccc5cc(O)c(CONc6ccccc6)cc5c4)cc3)cc2c1. The molecular formula is C42H34N4O6. The standard InChI is InChI=1S/C42H34N4O6/c47-39-23-28-12-11-27(19-31(28)21-33(39)26-52-45-36-9-5-2-6-10-36)25-51-46-37-17-15-35(16-18-37)44-42(50)38-22-32-20-30(14-13-29(32)24-40(38)48)41(49)43-34-7-3-1-4-8-34/h1-24,45-48H,25-26H2,(H,43,49)(H,44,50). The maximum Gasteiger partial charge on any atom is 0.259 e. The highest BCUT2D eigenvalue weighted by Crippen LogP contribution is 2.29. The number of anilines is 4. The fourth-order valence-electron chi connectivity index (χ4n) is 5.65. The number of rotatable bonds is 12. The lowest BCUT2D eigenvalue weighted by molar-refractivity contribution is 0.101. The summed E-state index contributed by atoms with van der Waals surface area (Å²) in [5, 5.41) is 29.9. The highest BCUT2D eigenvalue weighted by atomic mass is 16.6. The highest BCUT2D eigenvalue weighted by Gasteiger charge is 2.15. The van der Waals surface area contributed by atoms with E-state index < -0.39 is 5.91 Å². The molecule has 0 saturated heterocycles. The number of para-hydroxylation sites is 2. The Kier molecular flexibility index (Phi) is 9.92. The molecule has 0 fully saturated rings. The van der Waals surface area contributed by atoms with Crippen molar-refractivity contribution in [2.24, 2.45) is 0 Å². The summed E-state index contributed by atoms with van der Waals surface area (Å²) in [6, 6.07) is 43.2. The van der Waals surface area contributed by atoms with Gasteiger partial charge in [0.25, 0.3) is 11.8 Å². The molecule has 0 heterocycles. The Labute approximate surface area is 299 Å². The van der Waals surface area contributed by atoms with Gasteiger partial charge >= 0.3 is 0 Å². The number of benzene rings is 7. The summed E-state index contributed by atoms with van der Waals surface area (Å²) >= 11 is 0. The van der Waals surface area contributed by atoms with E-state index in [1.54, 1.807) is 66.7 Å². The third kappa shape index (κ3) is 8.11. The van der Waals surface area contributed by atoms with Crippen LogP contribution in [0, 0.1) is 0 Å². The van der Waals surface area contributed by atoms with Crippen LogP contribution in [0.3, 0.4) is 0 Å². The van der Waals surface area contributed by atoms with Crippen molar-refractivity contribution < 1.29 is 29.5 Å². The maximum absolute atomic E-state index is 13.2. The topological polar surface area (TPSA) is 141 Å². The van der Waals surface area contributed by atoms with Gasteiger partial charge in [0.2, 0.25) is 0 Å². The van der Waals surface area contributed by atoms with Crippen LogP contribution in [0.15, 0.2) is 146 Å². The number of carbonyl (C=O) groups excluding carboxylic acids is 2. The van der Waals surface area contributed by atoms with E-state index in [4.69, 9.17) is 9.68 Å². The van der Waals surface area contributed by atoms with Gasteiger partial charge in [-0.25, -0.2) is 0 Å². The van der Waals surface area contributed by atoms with Crippen molar-refractivity contribution in [3.05, 3.63) is 168 Å². The number of aromatic hydroxyl groups is 2. The largest absolute Gasteiger partial charge is 0.508 e. The second-order valence-electron chi connectivity index (χ2n) is 12.1. The molecule has 7 rings (SSSR count). The van der Waals surface area contributed by atoms with E-state index in [-0.39, 0.29) is 36.2 Å². The number of hydrogen-bond donors (Lipinski definition) is 6. The Morgan fingerprint density at radius 1 is 0.481 bits per heavy atom. The van der Waals surface area contributed by atoms with Gasteiger partial charge in [0.1, 0.15) is 18.1 Å². The number of phenolic OH excluding ortho intramolecular Hbond substituents is 2. The van der Waals surface area contributed by atoms with Crippen LogP contribution in [0.5, 0.6) is 11.5 Å². The van der Waals surface area contributed by atoms with Gasteiger partial charge in [0, 0.05) is 22.5 Å². The number of nitrogens with one attached hydrogen (secondary N) is 4. The number of carbonyl (C=O) groups is 2. The van der Waals surface area contributed by atoms with Gasteiger partial charge in [-0.15, -0.1) is 0 Å². The van der Waals surface area contributed by atoms with Crippen LogP contribution in [0.1, 0.15) is 31.8 Å². The predicted molar refractivity (Wildman–Crippen MR) is 203 cm³/mol. The first-order valence-corrected chi connectivity index (χ1v) is 16.5. The fourth-order valence-corrected chi connectivity index (χ4v) is 5.65. The van der Waals surface area contributed by atoms with Crippen LogP contribution in [0.4, 0.5) is 22.7 Å². The predicted octanol–water partition coefficient (Wildman–Crippen LogP) is 9.00. The molecule has 2 amide bonds. The Balaban J connectivity index is 0.939. The van der Waals surface area contributed by atoms with Crippen molar-refractivity contribution >= 4 is 56.1 Å². The molecule has 0 aliphatic heterocycles. The fraction of sp³-hybridized carbons (Fsp3) is 0.0476. The molecule has 10 nitrogen and oxygen atoms in total. The zero-order chi connectivity index (χ0) is 35.9. The Hall–Kier alpha value is -6.88. The summed E-state index contributed by atoms with van der Waals surface area (Å²) < 4.78 is 0. The highest BCUT2D eigenvalue weighted by molar-refractivity contribution is 6.10. The lowest BCUT2D eigenvalue weighted by Gasteiger charge is -2.12. The van der Waals surface area contributed by atoms with Crippen molar-refractivity contribution in [3.63, 3.8) is 0 Å². The summed E-state index contributed by atoms with van der Waals surface area (Å²) in [7, 11) is 0. The van der Waals surface area contributed by atoms with Crippen molar-refractivity contribution in [3.8, 4) is 11.5 Å².